The summed E-state index contributed by atoms with van der Waals surface area (Å²) in [6.07, 6.45) is 3.62. The molecular weight excluding hydrogens is 372 g/mol. The molecule has 1 saturated carbocycles. The molecule has 0 spiro atoms. The van der Waals surface area contributed by atoms with E-state index in [1.807, 2.05) is 13.8 Å². The molecule has 1 rings (SSSR count). The Bertz CT molecular complexity index is 350. The van der Waals surface area contributed by atoms with E-state index in [0.717, 1.165) is 25.7 Å². The molecule has 0 unspecified atom stereocenters. The summed E-state index contributed by atoms with van der Waals surface area (Å²) in [5.41, 5.74) is 5.48. The zero-order valence-electron chi connectivity index (χ0n) is 13.5. The fraction of sp³-hybridized carbons (Fsp3) is 0.900. The summed E-state index contributed by atoms with van der Waals surface area (Å²) in [6.45, 7) is 4.71. The summed E-state index contributed by atoms with van der Waals surface area (Å²) < 4.78 is 17.8. The standard InChI is InChI=1S/C8H15NO2.C2H6.2H3O4P.H2O/c9-5-6-1-3-7(4-2-6)8(10)11;1-2;2*1-5(2,3)4;/h6-7H,1-5,9H2,(H,10,11);1-2H3;2*(H3,1,2,3,4);1H2. The van der Waals surface area contributed by atoms with Crippen LogP contribution in [0.15, 0.2) is 0 Å². The van der Waals surface area contributed by atoms with Gasteiger partial charge in [0.25, 0.3) is 0 Å². The number of carboxylic acids is 1. The molecule has 0 aliphatic heterocycles. The van der Waals surface area contributed by atoms with Crippen LogP contribution in [0.4, 0.5) is 0 Å². The molecule has 12 nitrogen and oxygen atoms in total. The van der Waals surface area contributed by atoms with E-state index < -0.39 is 21.6 Å². The van der Waals surface area contributed by atoms with Gasteiger partial charge in [-0.1, -0.05) is 13.8 Å². The average Bonchev–Trinajstić information content (AvgIpc) is 2.37. The minimum Gasteiger partial charge on any atom is -0.481 e. The number of aliphatic carboxylic acids is 1. The van der Waals surface area contributed by atoms with Crippen molar-refractivity contribution in [2.75, 3.05) is 6.54 Å². The van der Waals surface area contributed by atoms with Crippen molar-refractivity contribution in [2.24, 2.45) is 17.6 Å². The van der Waals surface area contributed by atoms with Crippen LogP contribution in [0, 0.1) is 11.8 Å². The van der Waals surface area contributed by atoms with E-state index in [1.165, 1.54) is 0 Å². The monoisotopic (exact) mass is 401 g/mol. The normalized spacial score (nSPS) is 19.7. The molecule has 0 radical (unpaired) electrons. The van der Waals surface area contributed by atoms with E-state index in [0.29, 0.717) is 12.5 Å². The van der Waals surface area contributed by atoms with E-state index >= 15 is 0 Å². The van der Waals surface area contributed by atoms with Gasteiger partial charge in [-0.3, -0.25) is 4.79 Å². The van der Waals surface area contributed by atoms with Crippen LogP contribution >= 0.6 is 15.6 Å². The second-order valence-corrected chi connectivity index (χ2v) is 6.37. The van der Waals surface area contributed by atoms with Crippen molar-refractivity contribution in [3.63, 3.8) is 0 Å². The molecule has 11 N–H and O–H groups in total. The van der Waals surface area contributed by atoms with E-state index in [1.54, 1.807) is 0 Å². The number of hydrogen-bond acceptors (Lipinski definition) is 4. The lowest BCUT2D eigenvalue weighted by Gasteiger charge is -2.24. The molecule has 1 aliphatic rings. The maximum Gasteiger partial charge on any atom is 0.466 e. The fourth-order valence-corrected chi connectivity index (χ4v) is 1.65. The van der Waals surface area contributed by atoms with Gasteiger partial charge < -0.3 is 45.7 Å². The molecule has 0 amide bonds. The molecule has 14 heteroatoms. The molecule has 0 saturated heterocycles. The summed E-state index contributed by atoms with van der Waals surface area (Å²) in [6, 6.07) is 0. The average molecular weight is 401 g/mol. The van der Waals surface area contributed by atoms with Crippen LogP contribution in [-0.4, -0.2) is 52.5 Å². The number of carbonyl (C=O) groups is 1. The van der Waals surface area contributed by atoms with Gasteiger partial charge >= 0.3 is 21.6 Å². The van der Waals surface area contributed by atoms with Crippen molar-refractivity contribution in [3.8, 4) is 0 Å². The third-order valence-electron chi connectivity index (χ3n) is 2.53. The third-order valence-corrected chi connectivity index (χ3v) is 2.53. The Kier molecular flexibility index (Phi) is 21.1. The van der Waals surface area contributed by atoms with Crippen molar-refractivity contribution in [2.45, 2.75) is 39.5 Å². The summed E-state index contributed by atoms with van der Waals surface area (Å²) in [4.78, 5) is 53.6. The third kappa shape index (κ3) is 37.7. The number of nitrogens with two attached hydrogens (primary N) is 1. The Labute approximate surface area is 140 Å². The Morgan fingerprint density at radius 2 is 1.17 bits per heavy atom. The van der Waals surface area contributed by atoms with Crippen LogP contribution in [-0.2, 0) is 13.9 Å². The highest BCUT2D eigenvalue weighted by atomic mass is 31.2. The minimum absolute atomic E-state index is 0. The van der Waals surface area contributed by atoms with Crippen LogP contribution in [0.2, 0.25) is 0 Å². The van der Waals surface area contributed by atoms with E-state index in [-0.39, 0.29) is 11.4 Å². The first-order valence-electron chi connectivity index (χ1n) is 6.73. The van der Waals surface area contributed by atoms with Crippen LogP contribution < -0.4 is 5.73 Å². The predicted molar refractivity (Wildman–Crippen MR) is 85.6 cm³/mol. The largest absolute Gasteiger partial charge is 0.481 e. The quantitative estimate of drug-likeness (QED) is 0.265. The van der Waals surface area contributed by atoms with Crippen molar-refractivity contribution < 1.29 is 53.9 Å². The number of carboxylic acid groups (broad SMARTS) is 1. The van der Waals surface area contributed by atoms with Crippen molar-refractivity contribution in [1.82, 2.24) is 0 Å². The van der Waals surface area contributed by atoms with Crippen LogP contribution in [0.1, 0.15) is 39.5 Å². The molecule has 0 atom stereocenters. The topological polar surface area (TPSA) is 250 Å². The summed E-state index contributed by atoms with van der Waals surface area (Å²) in [5.74, 6) is -0.163. The molecule has 1 fully saturated rings. The van der Waals surface area contributed by atoms with Gasteiger partial charge in [0.05, 0.1) is 5.92 Å². The van der Waals surface area contributed by atoms with Gasteiger partial charge in [-0.05, 0) is 38.1 Å². The SMILES string of the molecule is CC.NCC1CCC(C(=O)O)CC1.O.O=P(O)(O)O.O=P(O)(O)O. The molecule has 0 aromatic rings. The summed E-state index contributed by atoms with van der Waals surface area (Å²) in [5, 5.41) is 8.67. The fourth-order valence-electron chi connectivity index (χ4n) is 1.65. The van der Waals surface area contributed by atoms with Crippen molar-refractivity contribution in [1.29, 1.82) is 0 Å². The molecular formula is C10H29NO11P2. The lowest BCUT2D eigenvalue weighted by Crippen LogP contribution is -2.25. The van der Waals surface area contributed by atoms with Gasteiger partial charge in [0.1, 0.15) is 0 Å². The van der Waals surface area contributed by atoms with Gasteiger partial charge in [-0.15, -0.1) is 0 Å². The first-order chi connectivity index (χ1) is 10.2. The van der Waals surface area contributed by atoms with Crippen molar-refractivity contribution in [3.05, 3.63) is 0 Å². The molecule has 24 heavy (non-hydrogen) atoms. The Morgan fingerprint density at radius 1 is 0.917 bits per heavy atom. The van der Waals surface area contributed by atoms with Gasteiger partial charge in [-0.2, -0.15) is 0 Å². The second kappa shape index (κ2) is 16.1. The van der Waals surface area contributed by atoms with E-state index in [9.17, 15) is 4.79 Å². The molecule has 0 heterocycles. The molecule has 1 aliphatic carbocycles. The lowest BCUT2D eigenvalue weighted by atomic mass is 9.82. The highest BCUT2D eigenvalue weighted by Gasteiger charge is 2.24. The van der Waals surface area contributed by atoms with Gasteiger partial charge in [0.15, 0.2) is 0 Å². The number of phosphoric acid groups is 2. The number of rotatable bonds is 2. The van der Waals surface area contributed by atoms with Crippen LogP contribution in [0.5, 0.6) is 0 Å². The Balaban J connectivity index is -0.000000131. The first-order valence-corrected chi connectivity index (χ1v) is 9.86. The van der Waals surface area contributed by atoms with E-state index in [4.69, 9.17) is 49.3 Å². The Morgan fingerprint density at radius 3 is 1.33 bits per heavy atom. The summed E-state index contributed by atoms with van der Waals surface area (Å²) in [7, 11) is -9.28. The molecule has 0 aromatic carbocycles. The maximum atomic E-state index is 10.5. The Hall–Kier alpha value is -0.390. The van der Waals surface area contributed by atoms with Gasteiger partial charge in [-0.25, -0.2) is 9.13 Å². The smallest absolute Gasteiger partial charge is 0.466 e. The molecule has 0 bridgehead atoms. The van der Waals surface area contributed by atoms with Crippen LogP contribution in [0.25, 0.3) is 0 Å². The van der Waals surface area contributed by atoms with Gasteiger partial charge in [0, 0.05) is 0 Å². The minimum atomic E-state index is -4.64. The predicted octanol–water partition coefficient (Wildman–Crippen LogP) is -0.820. The zero-order valence-corrected chi connectivity index (χ0v) is 15.3. The highest BCUT2D eigenvalue weighted by molar-refractivity contribution is 7.45. The van der Waals surface area contributed by atoms with E-state index in [2.05, 4.69) is 0 Å². The second-order valence-electron chi connectivity index (χ2n) is 4.32. The van der Waals surface area contributed by atoms with Crippen molar-refractivity contribution >= 4 is 21.6 Å². The van der Waals surface area contributed by atoms with Crippen LogP contribution in [0.3, 0.4) is 0 Å². The summed E-state index contributed by atoms with van der Waals surface area (Å²) >= 11 is 0. The number of hydrogen-bond donors (Lipinski definition) is 8. The highest BCUT2D eigenvalue weighted by Crippen LogP contribution is 2.28. The molecule has 150 valence electrons. The molecule has 0 aromatic heterocycles. The van der Waals surface area contributed by atoms with Gasteiger partial charge in [0.2, 0.25) is 0 Å². The maximum absolute atomic E-state index is 10.5. The first kappa shape index (κ1) is 31.4. The zero-order chi connectivity index (χ0) is 19.3. The lowest BCUT2D eigenvalue weighted by molar-refractivity contribution is -0.143.